The molecule has 0 saturated heterocycles. The number of rotatable bonds is 2. The van der Waals surface area contributed by atoms with Crippen molar-refractivity contribution in [3.8, 4) is 5.95 Å². The number of hydrogen-bond donors (Lipinski definition) is 1. The standard InChI is InChI=1S/C14H14N6O2/c21-12-10-7-16-13(19-6-5-15-8-19)17-11(10)18-14(22)20(12)9-3-1-2-4-9/h5-9H,1-4H2,(H,16,17,18,22). The lowest BCUT2D eigenvalue weighted by atomic mass is 10.2. The number of H-pyrrole nitrogens is 1. The molecular formula is C14H14N6O2. The maximum absolute atomic E-state index is 12.6. The number of hydrogen-bond acceptors (Lipinski definition) is 5. The van der Waals surface area contributed by atoms with Gasteiger partial charge in [0.05, 0.1) is 0 Å². The first kappa shape index (κ1) is 12.9. The summed E-state index contributed by atoms with van der Waals surface area (Å²) in [6.45, 7) is 0. The van der Waals surface area contributed by atoms with E-state index >= 15 is 0 Å². The number of nitrogens with zero attached hydrogens (tertiary/aromatic N) is 5. The van der Waals surface area contributed by atoms with Crippen LogP contribution in [0.4, 0.5) is 0 Å². The van der Waals surface area contributed by atoms with Crippen molar-refractivity contribution in [1.82, 2.24) is 29.1 Å². The molecule has 0 bridgehead atoms. The third-order valence-electron chi connectivity index (χ3n) is 4.09. The highest BCUT2D eigenvalue weighted by Gasteiger charge is 2.22. The summed E-state index contributed by atoms with van der Waals surface area (Å²) in [5.74, 6) is 0.360. The molecule has 3 aromatic heterocycles. The Morgan fingerprint density at radius 2 is 2.05 bits per heavy atom. The second kappa shape index (κ2) is 4.90. The van der Waals surface area contributed by atoms with E-state index in [1.807, 2.05) is 0 Å². The zero-order valence-electron chi connectivity index (χ0n) is 11.8. The van der Waals surface area contributed by atoms with Gasteiger partial charge in [0.1, 0.15) is 11.7 Å². The van der Waals surface area contributed by atoms with Crippen molar-refractivity contribution in [2.24, 2.45) is 0 Å². The lowest BCUT2D eigenvalue weighted by molar-refractivity contribution is 0.482. The molecule has 3 heterocycles. The van der Waals surface area contributed by atoms with Gasteiger partial charge in [-0.2, -0.15) is 4.98 Å². The van der Waals surface area contributed by atoms with Crippen LogP contribution in [0.5, 0.6) is 0 Å². The van der Waals surface area contributed by atoms with Crippen LogP contribution in [0.3, 0.4) is 0 Å². The molecule has 4 rings (SSSR count). The third kappa shape index (κ3) is 1.95. The van der Waals surface area contributed by atoms with Gasteiger partial charge in [-0.1, -0.05) is 12.8 Å². The van der Waals surface area contributed by atoms with Crippen LogP contribution >= 0.6 is 0 Å². The summed E-state index contributed by atoms with van der Waals surface area (Å²) in [7, 11) is 0. The molecule has 1 aliphatic carbocycles. The minimum atomic E-state index is -0.403. The molecular weight excluding hydrogens is 284 g/mol. The van der Waals surface area contributed by atoms with Gasteiger partial charge >= 0.3 is 5.69 Å². The van der Waals surface area contributed by atoms with Gasteiger partial charge in [0.2, 0.25) is 5.95 Å². The fourth-order valence-electron chi connectivity index (χ4n) is 3.00. The fraction of sp³-hybridized carbons (Fsp3) is 0.357. The van der Waals surface area contributed by atoms with E-state index in [9.17, 15) is 9.59 Å². The van der Waals surface area contributed by atoms with Crippen molar-refractivity contribution in [2.75, 3.05) is 0 Å². The number of nitrogens with one attached hydrogen (secondary N) is 1. The first-order valence-corrected chi connectivity index (χ1v) is 7.24. The van der Waals surface area contributed by atoms with Crippen molar-refractivity contribution in [1.29, 1.82) is 0 Å². The average Bonchev–Trinajstić information content (AvgIpc) is 3.20. The summed E-state index contributed by atoms with van der Waals surface area (Å²) >= 11 is 0. The SMILES string of the molecule is O=c1[nH]c2nc(-n3ccnc3)ncc2c(=O)n1C1CCCC1. The van der Waals surface area contributed by atoms with Crippen LogP contribution in [0.15, 0.2) is 34.5 Å². The van der Waals surface area contributed by atoms with E-state index in [1.165, 1.54) is 10.8 Å². The van der Waals surface area contributed by atoms with Crippen LogP contribution in [0.25, 0.3) is 17.0 Å². The topological polar surface area (TPSA) is 98.5 Å². The summed E-state index contributed by atoms with van der Waals surface area (Å²) in [6, 6.07) is -0.0195. The van der Waals surface area contributed by atoms with Gasteiger partial charge in [-0.25, -0.2) is 14.8 Å². The highest BCUT2D eigenvalue weighted by Crippen LogP contribution is 2.27. The van der Waals surface area contributed by atoms with Crippen LogP contribution in [-0.4, -0.2) is 29.1 Å². The molecule has 1 fully saturated rings. The lowest BCUT2D eigenvalue weighted by Crippen LogP contribution is -2.37. The molecule has 3 aromatic rings. The first-order valence-electron chi connectivity index (χ1n) is 7.24. The summed E-state index contributed by atoms with van der Waals surface area (Å²) < 4.78 is 2.93. The zero-order chi connectivity index (χ0) is 15.1. The lowest BCUT2D eigenvalue weighted by Gasteiger charge is -2.12. The highest BCUT2D eigenvalue weighted by molar-refractivity contribution is 5.72. The van der Waals surface area contributed by atoms with Gasteiger partial charge in [0.15, 0.2) is 5.65 Å². The largest absolute Gasteiger partial charge is 0.330 e. The third-order valence-corrected chi connectivity index (χ3v) is 4.09. The summed E-state index contributed by atoms with van der Waals surface area (Å²) in [5.41, 5.74) is -0.467. The normalized spacial score (nSPS) is 15.6. The molecule has 0 radical (unpaired) electrons. The van der Waals surface area contributed by atoms with E-state index in [4.69, 9.17) is 0 Å². The molecule has 0 unspecified atom stereocenters. The zero-order valence-corrected chi connectivity index (χ0v) is 11.8. The van der Waals surface area contributed by atoms with Gasteiger partial charge in [-0.05, 0) is 12.8 Å². The van der Waals surface area contributed by atoms with Crippen molar-refractivity contribution in [3.05, 3.63) is 45.8 Å². The predicted octanol–water partition coefficient (Wildman–Crippen LogP) is 0.781. The summed E-state index contributed by atoms with van der Waals surface area (Å²) in [4.78, 5) is 39.9. The van der Waals surface area contributed by atoms with Crippen molar-refractivity contribution in [3.63, 3.8) is 0 Å². The first-order chi connectivity index (χ1) is 10.7. The second-order valence-electron chi connectivity index (χ2n) is 5.45. The van der Waals surface area contributed by atoms with E-state index < -0.39 is 5.69 Å². The number of fused-ring (bicyclic) bond motifs is 1. The molecule has 0 spiro atoms. The van der Waals surface area contributed by atoms with Crippen molar-refractivity contribution < 1.29 is 0 Å². The smallest absolute Gasteiger partial charge is 0.291 e. The number of aromatic amines is 1. The maximum atomic E-state index is 12.6. The van der Waals surface area contributed by atoms with Crippen LogP contribution in [-0.2, 0) is 0 Å². The Balaban J connectivity index is 1.92. The Bertz CT molecular complexity index is 934. The van der Waals surface area contributed by atoms with E-state index in [2.05, 4.69) is 19.9 Å². The average molecular weight is 298 g/mol. The van der Waals surface area contributed by atoms with E-state index in [0.29, 0.717) is 11.3 Å². The van der Waals surface area contributed by atoms with E-state index in [1.54, 1.807) is 23.3 Å². The molecule has 1 saturated carbocycles. The molecule has 0 aromatic carbocycles. The van der Waals surface area contributed by atoms with Gasteiger partial charge in [0, 0.05) is 24.6 Å². The second-order valence-corrected chi connectivity index (χ2v) is 5.45. The minimum absolute atomic E-state index is 0.0195. The molecule has 0 amide bonds. The van der Waals surface area contributed by atoms with Gasteiger partial charge in [-0.3, -0.25) is 18.9 Å². The number of aromatic nitrogens is 6. The maximum Gasteiger partial charge on any atom is 0.330 e. The van der Waals surface area contributed by atoms with Crippen molar-refractivity contribution >= 4 is 11.0 Å². The molecule has 0 atom stereocenters. The molecule has 22 heavy (non-hydrogen) atoms. The Morgan fingerprint density at radius 3 is 2.77 bits per heavy atom. The van der Waals surface area contributed by atoms with Crippen LogP contribution in [0, 0.1) is 0 Å². The molecule has 8 nitrogen and oxygen atoms in total. The highest BCUT2D eigenvalue weighted by atomic mass is 16.2. The van der Waals surface area contributed by atoms with Crippen LogP contribution < -0.4 is 11.2 Å². The van der Waals surface area contributed by atoms with Gasteiger partial charge < -0.3 is 0 Å². The minimum Gasteiger partial charge on any atom is -0.291 e. The van der Waals surface area contributed by atoms with E-state index in [-0.39, 0.29) is 17.2 Å². The molecule has 112 valence electrons. The van der Waals surface area contributed by atoms with Gasteiger partial charge in [-0.15, -0.1) is 0 Å². The monoisotopic (exact) mass is 298 g/mol. The fourth-order valence-corrected chi connectivity index (χ4v) is 3.00. The molecule has 1 N–H and O–H groups in total. The Morgan fingerprint density at radius 1 is 1.23 bits per heavy atom. The van der Waals surface area contributed by atoms with E-state index in [0.717, 1.165) is 25.7 Å². The van der Waals surface area contributed by atoms with Crippen molar-refractivity contribution in [2.45, 2.75) is 31.7 Å². The summed E-state index contributed by atoms with van der Waals surface area (Å²) in [6.07, 6.45) is 10.1. The Kier molecular flexibility index (Phi) is 2.88. The predicted molar refractivity (Wildman–Crippen MR) is 79.0 cm³/mol. The van der Waals surface area contributed by atoms with Gasteiger partial charge in [0.25, 0.3) is 5.56 Å². The summed E-state index contributed by atoms with van der Waals surface area (Å²) in [5, 5.41) is 0.329. The molecule has 0 aliphatic heterocycles. The molecule has 1 aliphatic rings. The quantitative estimate of drug-likeness (QED) is 0.754. The Labute approximate surface area is 124 Å². The van der Waals surface area contributed by atoms with Crippen LogP contribution in [0.2, 0.25) is 0 Å². The van der Waals surface area contributed by atoms with Crippen LogP contribution in [0.1, 0.15) is 31.7 Å². The molecule has 8 heteroatoms. The Hall–Kier alpha value is -2.77. The number of imidazole rings is 1.